The van der Waals surface area contributed by atoms with Gasteiger partial charge in [0.05, 0.1) is 16.1 Å². The number of aromatic nitrogens is 1. The zero-order valence-corrected chi connectivity index (χ0v) is 19.3. The van der Waals surface area contributed by atoms with Crippen LogP contribution in [0.2, 0.25) is 0 Å². The molecule has 2 heterocycles. The molecule has 2 fully saturated rings. The van der Waals surface area contributed by atoms with Gasteiger partial charge in [-0.2, -0.15) is 0 Å². The topological polar surface area (TPSA) is 109 Å². The number of halogens is 1. The average Bonchev–Trinajstić information content (AvgIpc) is 3.69. The van der Waals surface area contributed by atoms with Crippen molar-refractivity contribution >= 4 is 45.5 Å². The third kappa shape index (κ3) is 4.23. The van der Waals surface area contributed by atoms with Gasteiger partial charge in [0.1, 0.15) is 16.4 Å². The van der Waals surface area contributed by atoms with E-state index in [2.05, 4.69) is 0 Å². The smallest absolute Gasteiger partial charge is 0.341 e. The molecule has 9 nitrogen and oxygen atoms in total. The number of hydrogen-bond donors (Lipinski definition) is 1. The van der Waals surface area contributed by atoms with Gasteiger partial charge in [-0.05, 0) is 37.1 Å². The molecule has 0 spiro atoms. The van der Waals surface area contributed by atoms with Gasteiger partial charge in [-0.25, -0.2) is 9.18 Å². The molecule has 0 radical (unpaired) electrons. The fraction of sp³-hybridized carbons (Fsp3) is 0.292. The number of nitro benzene ring substituents is 1. The first kappa shape index (κ1) is 22.9. The summed E-state index contributed by atoms with van der Waals surface area (Å²) in [4.78, 5) is 39.1. The number of non-ortho nitro benzene ring substituents is 1. The Balaban J connectivity index is 1.39. The Labute approximate surface area is 204 Å². The zero-order chi connectivity index (χ0) is 24.9. The highest BCUT2D eigenvalue weighted by Gasteiger charge is 2.29. The molecule has 2 aliphatic rings. The molecule has 1 N–H and O–H groups in total. The third-order valence-electron chi connectivity index (χ3n) is 6.50. The van der Waals surface area contributed by atoms with Gasteiger partial charge in [0.2, 0.25) is 5.43 Å². The SMILES string of the molecule is O=C(O)c1cn(C2CC2)c2cc(N3CCN(C(=S)c4ccc([N+](=O)[O-])cc4)CC3)c(F)cc2c1=O. The summed E-state index contributed by atoms with van der Waals surface area (Å²) < 4.78 is 16.9. The van der Waals surface area contributed by atoms with E-state index in [1.54, 1.807) is 22.8 Å². The number of fused-ring (bicyclic) bond motifs is 1. The number of thiocarbonyl (C=S) groups is 1. The highest BCUT2D eigenvalue weighted by Crippen LogP contribution is 2.38. The maximum Gasteiger partial charge on any atom is 0.341 e. The molecule has 0 bridgehead atoms. The summed E-state index contributed by atoms with van der Waals surface area (Å²) >= 11 is 5.57. The van der Waals surface area contributed by atoms with E-state index in [9.17, 15) is 24.8 Å². The maximum atomic E-state index is 15.2. The number of nitro groups is 1. The quantitative estimate of drug-likeness (QED) is 0.324. The lowest BCUT2D eigenvalue weighted by atomic mass is 10.1. The van der Waals surface area contributed by atoms with Crippen LogP contribution in [0, 0.1) is 15.9 Å². The summed E-state index contributed by atoms with van der Waals surface area (Å²) in [7, 11) is 0. The summed E-state index contributed by atoms with van der Waals surface area (Å²) in [6.45, 7) is 2.02. The summed E-state index contributed by atoms with van der Waals surface area (Å²) in [5.74, 6) is -1.90. The van der Waals surface area contributed by atoms with Crippen molar-refractivity contribution < 1.29 is 19.2 Å². The molecule has 2 aromatic carbocycles. The number of piperazine rings is 1. The Kier molecular flexibility index (Phi) is 5.72. The number of pyridine rings is 1. The van der Waals surface area contributed by atoms with Gasteiger partial charge in [-0.15, -0.1) is 0 Å². The van der Waals surface area contributed by atoms with Crippen molar-refractivity contribution in [3.05, 3.63) is 79.9 Å². The van der Waals surface area contributed by atoms with E-state index in [0.717, 1.165) is 18.9 Å². The molecule has 1 aliphatic heterocycles. The van der Waals surface area contributed by atoms with Gasteiger partial charge in [0.15, 0.2) is 0 Å². The Morgan fingerprint density at radius 3 is 2.34 bits per heavy atom. The van der Waals surface area contributed by atoms with Gasteiger partial charge >= 0.3 is 5.97 Å². The fourth-order valence-corrected chi connectivity index (χ4v) is 4.79. The van der Waals surface area contributed by atoms with Crippen molar-refractivity contribution in [2.24, 2.45) is 0 Å². The largest absolute Gasteiger partial charge is 0.477 e. The molecule has 1 aromatic heterocycles. The summed E-state index contributed by atoms with van der Waals surface area (Å²) in [5, 5.41) is 20.3. The normalized spacial score (nSPS) is 15.9. The van der Waals surface area contributed by atoms with Crippen molar-refractivity contribution in [3.8, 4) is 0 Å². The Morgan fingerprint density at radius 2 is 1.77 bits per heavy atom. The molecule has 35 heavy (non-hydrogen) atoms. The van der Waals surface area contributed by atoms with E-state index in [-0.39, 0.29) is 22.7 Å². The molecular weight excluding hydrogens is 475 g/mol. The van der Waals surface area contributed by atoms with Crippen LogP contribution in [0.1, 0.15) is 34.8 Å². The van der Waals surface area contributed by atoms with E-state index in [1.165, 1.54) is 18.3 Å². The van der Waals surface area contributed by atoms with Gasteiger partial charge in [-0.1, -0.05) is 12.2 Å². The van der Waals surface area contributed by atoms with Crippen molar-refractivity contribution in [3.63, 3.8) is 0 Å². The van der Waals surface area contributed by atoms with Gasteiger partial charge in [0.25, 0.3) is 5.69 Å². The maximum absolute atomic E-state index is 15.2. The number of carbonyl (C=O) groups is 1. The van der Waals surface area contributed by atoms with E-state index < -0.39 is 22.1 Å². The van der Waals surface area contributed by atoms with Crippen molar-refractivity contribution in [1.29, 1.82) is 0 Å². The number of carboxylic acid groups (broad SMARTS) is 1. The predicted octanol–water partition coefficient (Wildman–Crippen LogP) is 3.58. The number of benzene rings is 2. The van der Waals surface area contributed by atoms with Crippen LogP contribution in [-0.4, -0.2) is 56.6 Å². The standard InChI is InChI=1S/C24H21FN4O5S/c25-19-11-17-20(28(15-5-6-15)13-18(22(17)30)24(31)32)12-21(19)26-7-9-27(10-8-26)23(35)14-1-3-16(4-2-14)29(33)34/h1-4,11-13,15H,5-10H2,(H,31,32). The van der Waals surface area contributed by atoms with Crippen LogP contribution in [0.5, 0.6) is 0 Å². The molecule has 180 valence electrons. The molecule has 1 saturated carbocycles. The summed E-state index contributed by atoms with van der Waals surface area (Å²) in [6, 6.07) is 8.96. The molecule has 1 aliphatic carbocycles. The Hall–Kier alpha value is -3.86. The van der Waals surface area contributed by atoms with Crippen LogP contribution in [0.3, 0.4) is 0 Å². The third-order valence-corrected chi connectivity index (χ3v) is 7.00. The number of carboxylic acids is 1. The predicted molar refractivity (Wildman–Crippen MR) is 132 cm³/mol. The second-order valence-electron chi connectivity index (χ2n) is 8.72. The molecular formula is C24H21FN4O5S. The number of anilines is 1. The second kappa shape index (κ2) is 8.73. The minimum absolute atomic E-state index is 0.00621. The van der Waals surface area contributed by atoms with Crippen LogP contribution >= 0.6 is 12.2 Å². The van der Waals surface area contributed by atoms with Crippen molar-refractivity contribution in [2.45, 2.75) is 18.9 Å². The molecule has 0 unspecified atom stereocenters. The first-order valence-electron chi connectivity index (χ1n) is 11.1. The number of hydrogen-bond acceptors (Lipinski definition) is 6. The van der Waals surface area contributed by atoms with Crippen LogP contribution < -0.4 is 10.3 Å². The lowest BCUT2D eigenvalue weighted by molar-refractivity contribution is -0.384. The average molecular weight is 497 g/mol. The minimum Gasteiger partial charge on any atom is -0.477 e. The summed E-state index contributed by atoms with van der Waals surface area (Å²) in [5.41, 5.74) is 0.544. The Bertz CT molecular complexity index is 1430. The molecule has 5 rings (SSSR count). The van der Waals surface area contributed by atoms with E-state index in [1.807, 2.05) is 9.80 Å². The lowest BCUT2D eigenvalue weighted by Gasteiger charge is -2.37. The lowest BCUT2D eigenvalue weighted by Crippen LogP contribution is -2.48. The Morgan fingerprint density at radius 1 is 1.11 bits per heavy atom. The first-order valence-corrected chi connectivity index (χ1v) is 11.6. The highest BCUT2D eigenvalue weighted by atomic mass is 32.1. The fourth-order valence-electron chi connectivity index (χ4n) is 4.47. The van der Waals surface area contributed by atoms with Crippen LogP contribution in [-0.2, 0) is 0 Å². The number of nitrogens with zero attached hydrogens (tertiary/aromatic N) is 4. The number of aromatic carboxylic acids is 1. The first-order chi connectivity index (χ1) is 16.7. The van der Waals surface area contributed by atoms with E-state index in [0.29, 0.717) is 47.9 Å². The molecule has 1 saturated heterocycles. The molecule has 0 atom stereocenters. The van der Waals surface area contributed by atoms with Gasteiger partial charge < -0.3 is 19.5 Å². The van der Waals surface area contributed by atoms with Crippen LogP contribution in [0.15, 0.2) is 47.4 Å². The number of rotatable bonds is 5. The van der Waals surface area contributed by atoms with Gasteiger partial charge in [0, 0.05) is 61.5 Å². The highest BCUT2D eigenvalue weighted by molar-refractivity contribution is 7.80. The molecule has 3 aromatic rings. The molecule has 0 amide bonds. The zero-order valence-electron chi connectivity index (χ0n) is 18.5. The van der Waals surface area contributed by atoms with Gasteiger partial charge in [-0.3, -0.25) is 14.9 Å². The van der Waals surface area contributed by atoms with Crippen molar-refractivity contribution in [1.82, 2.24) is 9.47 Å². The monoisotopic (exact) mass is 496 g/mol. The van der Waals surface area contributed by atoms with Crippen molar-refractivity contribution in [2.75, 3.05) is 31.1 Å². The minimum atomic E-state index is -1.32. The summed E-state index contributed by atoms with van der Waals surface area (Å²) in [6.07, 6.45) is 3.12. The van der Waals surface area contributed by atoms with E-state index >= 15 is 4.39 Å². The molecule has 11 heteroatoms. The second-order valence-corrected chi connectivity index (χ2v) is 9.11. The van der Waals surface area contributed by atoms with Crippen LogP contribution in [0.25, 0.3) is 10.9 Å². The van der Waals surface area contributed by atoms with Crippen LogP contribution in [0.4, 0.5) is 15.8 Å². The van der Waals surface area contributed by atoms with E-state index in [4.69, 9.17) is 12.2 Å².